The molecule has 0 aliphatic carbocycles. The van der Waals surface area contributed by atoms with Crippen LogP contribution in [0.1, 0.15) is 38.4 Å². The van der Waals surface area contributed by atoms with Gasteiger partial charge in [-0.15, -0.1) is 0 Å². The van der Waals surface area contributed by atoms with Crippen molar-refractivity contribution in [1.29, 1.82) is 0 Å². The first-order chi connectivity index (χ1) is 15.5. The zero-order chi connectivity index (χ0) is 22.5. The van der Waals surface area contributed by atoms with Crippen molar-refractivity contribution in [2.75, 3.05) is 26.3 Å². The molecule has 1 aliphatic heterocycles. The Morgan fingerprint density at radius 2 is 1.81 bits per heavy atom. The Morgan fingerprint density at radius 3 is 2.53 bits per heavy atom. The first-order valence-corrected chi connectivity index (χ1v) is 11.0. The molecule has 2 heterocycles. The molecule has 0 saturated carbocycles. The number of aromatic nitrogens is 1. The predicted molar refractivity (Wildman–Crippen MR) is 128 cm³/mol. The summed E-state index contributed by atoms with van der Waals surface area (Å²) < 4.78 is 7.59. The summed E-state index contributed by atoms with van der Waals surface area (Å²) in [6.07, 6.45) is 1.71. The van der Waals surface area contributed by atoms with Crippen LogP contribution in [0.5, 0.6) is 0 Å². The van der Waals surface area contributed by atoms with Gasteiger partial charge >= 0.3 is 0 Å². The lowest BCUT2D eigenvalue weighted by molar-refractivity contribution is 0.0342. The van der Waals surface area contributed by atoms with Crippen molar-refractivity contribution in [3.8, 4) is 5.69 Å². The van der Waals surface area contributed by atoms with Crippen molar-refractivity contribution in [3.05, 3.63) is 88.2 Å². The maximum atomic E-state index is 12.5. The lowest BCUT2D eigenvalue weighted by Gasteiger charge is -2.26. The van der Waals surface area contributed by atoms with Gasteiger partial charge in [0.05, 0.1) is 19.4 Å². The molecular weight excluding hydrogens is 400 g/mol. The number of hydrogen-bond acceptors (Lipinski definition) is 4. The third-order valence-electron chi connectivity index (χ3n) is 5.83. The molecule has 0 bridgehead atoms. The standard InChI is InChI=1S/C26H30N4O2/c1-19-5-4-6-25(15-19)30-20(2)16-24(21(30)3)17-27-28-26(31)23-9-7-22(8-10-23)18-29-11-13-32-14-12-29/h4-10,15-17H,11-14,18H2,1-3H3,(H,28,31). The van der Waals surface area contributed by atoms with E-state index >= 15 is 0 Å². The summed E-state index contributed by atoms with van der Waals surface area (Å²) in [4.78, 5) is 14.9. The van der Waals surface area contributed by atoms with Crippen molar-refractivity contribution in [2.45, 2.75) is 27.3 Å². The monoisotopic (exact) mass is 430 g/mol. The Bertz CT molecular complexity index is 1110. The normalized spacial score (nSPS) is 14.7. The highest BCUT2D eigenvalue weighted by molar-refractivity contribution is 5.95. The molecule has 4 rings (SSSR count). The largest absolute Gasteiger partial charge is 0.379 e. The van der Waals surface area contributed by atoms with E-state index in [1.165, 1.54) is 11.1 Å². The SMILES string of the molecule is Cc1cccc(-n2c(C)cc(C=NNC(=O)c3ccc(CN4CCOCC4)cc3)c2C)c1. The lowest BCUT2D eigenvalue weighted by Crippen LogP contribution is -2.35. The first-order valence-electron chi connectivity index (χ1n) is 11.0. The number of benzene rings is 2. The first kappa shape index (κ1) is 22.0. The summed E-state index contributed by atoms with van der Waals surface area (Å²) >= 11 is 0. The molecule has 1 N–H and O–H groups in total. The van der Waals surface area contributed by atoms with Crippen LogP contribution in [0, 0.1) is 20.8 Å². The zero-order valence-electron chi connectivity index (χ0n) is 19.0. The van der Waals surface area contributed by atoms with E-state index < -0.39 is 0 Å². The van der Waals surface area contributed by atoms with Gasteiger partial charge in [0.25, 0.3) is 5.91 Å². The smallest absolute Gasteiger partial charge is 0.271 e. The third-order valence-corrected chi connectivity index (χ3v) is 5.83. The number of ether oxygens (including phenoxy) is 1. The van der Waals surface area contributed by atoms with Crippen molar-refractivity contribution in [1.82, 2.24) is 14.9 Å². The van der Waals surface area contributed by atoms with Gasteiger partial charge in [-0.05, 0) is 62.2 Å². The Kier molecular flexibility index (Phi) is 6.83. The average molecular weight is 431 g/mol. The maximum Gasteiger partial charge on any atom is 0.271 e. The molecule has 0 radical (unpaired) electrons. The number of amides is 1. The summed E-state index contributed by atoms with van der Waals surface area (Å²) in [6.45, 7) is 10.6. The maximum absolute atomic E-state index is 12.5. The quantitative estimate of drug-likeness (QED) is 0.475. The Morgan fingerprint density at radius 1 is 1.06 bits per heavy atom. The van der Waals surface area contributed by atoms with E-state index in [9.17, 15) is 4.79 Å². The highest BCUT2D eigenvalue weighted by atomic mass is 16.5. The lowest BCUT2D eigenvalue weighted by atomic mass is 10.1. The third kappa shape index (κ3) is 5.15. The fourth-order valence-corrected chi connectivity index (χ4v) is 4.09. The molecule has 2 aromatic carbocycles. The van der Waals surface area contributed by atoms with Crippen LogP contribution in [0.4, 0.5) is 0 Å². The van der Waals surface area contributed by atoms with Gasteiger partial charge in [-0.25, -0.2) is 5.43 Å². The van der Waals surface area contributed by atoms with Crippen LogP contribution in [0.25, 0.3) is 5.69 Å². The molecule has 0 spiro atoms. The van der Waals surface area contributed by atoms with E-state index in [0.29, 0.717) is 5.56 Å². The average Bonchev–Trinajstić information content (AvgIpc) is 3.08. The summed E-state index contributed by atoms with van der Waals surface area (Å²) in [5, 5.41) is 4.20. The number of hydrogen-bond donors (Lipinski definition) is 1. The van der Waals surface area contributed by atoms with Gasteiger partial charge in [-0.1, -0.05) is 24.3 Å². The second kappa shape index (κ2) is 9.94. The van der Waals surface area contributed by atoms with Gasteiger partial charge in [0.1, 0.15) is 0 Å². The zero-order valence-corrected chi connectivity index (χ0v) is 19.0. The molecule has 166 valence electrons. The number of nitrogens with zero attached hydrogens (tertiary/aromatic N) is 3. The molecule has 1 aromatic heterocycles. The number of morpholine rings is 1. The van der Waals surface area contributed by atoms with Gasteiger partial charge in [-0.2, -0.15) is 5.10 Å². The second-order valence-corrected chi connectivity index (χ2v) is 8.29. The predicted octanol–water partition coefficient (Wildman–Crippen LogP) is 4.00. The van der Waals surface area contributed by atoms with Crippen LogP contribution in [-0.4, -0.2) is 47.9 Å². The summed E-state index contributed by atoms with van der Waals surface area (Å²) in [6, 6.07) is 18.2. The minimum atomic E-state index is -0.216. The molecule has 32 heavy (non-hydrogen) atoms. The highest BCUT2D eigenvalue weighted by Crippen LogP contribution is 2.20. The van der Waals surface area contributed by atoms with E-state index in [-0.39, 0.29) is 5.91 Å². The van der Waals surface area contributed by atoms with Crippen molar-refractivity contribution >= 4 is 12.1 Å². The van der Waals surface area contributed by atoms with Crippen molar-refractivity contribution in [2.24, 2.45) is 5.10 Å². The van der Waals surface area contributed by atoms with Crippen LogP contribution in [0.3, 0.4) is 0 Å². The second-order valence-electron chi connectivity index (χ2n) is 8.29. The molecular formula is C26H30N4O2. The van der Waals surface area contributed by atoms with E-state index in [0.717, 1.165) is 55.5 Å². The van der Waals surface area contributed by atoms with Gasteiger partial charge < -0.3 is 9.30 Å². The fraction of sp³-hybridized carbons (Fsp3) is 0.308. The van der Waals surface area contributed by atoms with Gasteiger partial charge in [0.2, 0.25) is 0 Å². The Labute approximate surface area is 189 Å². The van der Waals surface area contributed by atoms with Crippen molar-refractivity contribution in [3.63, 3.8) is 0 Å². The number of hydrazone groups is 1. The summed E-state index contributed by atoms with van der Waals surface area (Å²) in [5.74, 6) is -0.216. The molecule has 1 amide bonds. The molecule has 1 saturated heterocycles. The fourth-order valence-electron chi connectivity index (χ4n) is 4.09. The van der Waals surface area contributed by atoms with Crippen LogP contribution in [0.2, 0.25) is 0 Å². The Hall–Kier alpha value is -3.22. The number of aryl methyl sites for hydroxylation is 2. The number of nitrogens with one attached hydrogen (secondary N) is 1. The van der Waals surface area contributed by atoms with Crippen LogP contribution in [0.15, 0.2) is 59.7 Å². The van der Waals surface area contributed by atoms with Crippen LogP contribution in [-0.2, 0) is 11.3 Å². The molecule has 1 aliphatic rings. The van der Waals surface area contributed by atoms with E-state index in [4.69, 9.17) is 4.74 Å². The van der Waals surface area contributed by atoms with Gasteiger partial charge in [-0.3, -0.25) is 9.69 Å². The molecule has 0 unspecified atom stereocenters. The van der Waals surface area contributed by atoms with Gasteiger partial charge in [0.15, 0.2) is 0 Å². The minimum Gasteiger partial charge on any atom is -0.379 e. The van der Waals surface area contributed by atoms with Crippen LogP contribution < -0.4 is 5.43 Å². The van der Waals surface area contributed by atoms with Gasteiger partial charge in [0, 0.05) is 47.8 Å². The van der Waals surface area contributed by atoms with Crippen LogP contribution >= 0.6 is 0 Å². The summed E-state index contributed by atoms with van der Waals surface area (Å²) in [7, 11) is 0. The molecule has 3 aromatic rings. The van der Waals surface area contributed by atoms with Crippen molar-refractivity contribution < 1.29 is 9.53 Å². The molecule has 6 nitrogen and oxygen atoms in total. The minimum absolute atomic E-state index is 0.216. The topological polar surface area (TPSA) is 58.9 Å². The molecule has 0 atom stereocenters. The number of carbonyl (C=O) groups is 1. The summed E-state index contributed by atoms with van der Waals surface area (Å²) in [5.41, 5.74) is 9.96. The molecule has 1 fully saturated rings. The number of rotatable bonds is 6. The van der Waals surface area contributed by atoms with E-state index in [1.54, 1.807) is 6.21 Å². The van der Waals surface area contributed by atoms with E-state index in [2.05, 4.69) is 71.1 Å². The molecule has 6 heteroatoms. The van der Waals surface area contributed by atoms with E-state index in [1.807, 2.05) is 24.3 Å². The highest BCUT2D eigenvalue weighted by Gasteiger charge is 2.12. The Balaban J connectivity index is 1.38. The number of carbonyl (C=O) groups excluding carboxylic acids is 1.